The van der Waals surface area contributed by atoms with Crippen molar-refractivity contribution >= 4 is 29.3 Å². The predicted octanol–water partition coefficient (Wildman–Crippen LogP) is 4.20. The second kappa shape index (κ2) is 6.26. The monoisotopic (exact) mass is 330 g/mol. The van der Waals surface area contributed by atoms with E-state index < -0.39 is 5.97 Å². The lowest BCUT2D eigenvalue weighted by Crippen LogP contribution is -2.09. The summed E-state index contributed by atoms with van der Waals surface area (Å²) in [5.74, 6) is -0.710. The van der Waals surface area contributed by atoms with Crippen LogP contribution in [-0.2, 0) is 0 Å². The lowest BCUT2D eigenvalue weighted by atomic mass is 10.0. The minimum atomic E-state index is -1.12. The summed E-state index contributed by atoms with van der Waals surface area (Å²) in [5, 5.41) is 9.56. The molecule has 5 heteroatoms. The maximum Gasteiger partial charge on any atom is 0.339 e. The molecule has 0 amide bonds. The maximum absolute atomic E-state index is 12.5. The fraction of sp³-hybridized carbons (Fsp3) is 0.111. The minimum Gasteiger partial charge on any atom is -0.478 e. The second-order valence-corrected chi connectivity index (χ2v) is 5.24. The number of fused-ring (bicyclic) bond motifs is 1. The highest BCUT2D eigenvalue weighted by Gasteiger charge is 2.17. The van der Waals surface area contributed by atoms with Crippen LogP contribution in [0, 0.1) is 13.8 Å². The van der Waals surface area contributed by atoms with Gasteiger partial charge < -0.3 is 9.52 Å². The van der Waals surface area contributed by atoms with E-state index >= 15 is 0 Å². The van der Waals surface area contributed by atoms with Crippen molar-refractivity contribution in [2.24, 2.45) is 0 Å². The van der Waals surface area contributed by atoms with Gasteiger partial charge in [0.15, 0.2) is 11.0 Å². The molecule has 1 aromatic heterocycles. The van der Waals surface area contributed by atoms with Crippen LogP contribution in [0.15, 0.2) is 51.7 Å². The van der Waals surface area contributed by atoms with Crippen LogP contribution in [0.5, 0.6) is 0 Å². The average molecular weight is 331 g/mol. The van der Waals surface area contributed by atoms with Gasteiger partial charge in [-0.25, -0.2) is 4.79 Å². The lowest BCUT2D eigenvalue weighted by molar-refractivity contribution is 0.0698. The van der Waals surface area contributed by atoms with Gasteiger partial charge in [-0.15, -0.1) is 12.4 Å². The van der Waals surface area contributed by atoms with Crippen LogP contribution in [0.4, 0.5) is 0 Å². The number of aryl methyl sites for hydroxylation is 1. The summed E-state index contributed by atoms with van der Waals surface area (Å²) in [6.07, 6.45) is 0. The minimum absolute atomic E-state index is 0. The molecule has 2 aromatic carbocycles. The normalized spacial score (nSPS) is 10.3. The summed E-state index contributed by atoms with van der Waals surface area (Å²) < 4.78 is 5.81. The molecule has 0 fully saturated rings. The molecule has 118 valence electrons. The molecule has 0 aliphatic carbocycles. The van der Waals surface area contributed by atoms with Gasteiger partial charge in [0, 0.05) is 11.1 Å². The van der Waals surface area contributed by atoms with Gasteiger partial charge in [0.25, 0.3) is 0 Å². The molecule has 0 radical (unpaired) electrons. The molecule has 0 atom stereocenters. The Kier molecular flexibility index (Phi) is 4.57. The Morgan fingerprint density at radius 3 is 2.30 bits per heavy atom. The molecule has 0 bridgehead atoms. The largest absolute Gasteiger partial charge is 0.478 e. The molecule has 0 saturated heterocycles. The van der Waals surface area contributed by atoms with Crippen LogP contribution >= 0.6 is 12.4 Å². The quantitative estimate of drug-likeness (QED) is 0.764. The van der Waals surface area contributed by atoms with Gasteiger partial charge in [0.05, 0.1) is 5.39 Å². The van der Waals surface area contributed by atoms with E-state index in [1.807, 2.05) is 31.2 Å². The summed E-state index contributed by atoms with van der Waals surface area (Å²) in [5.41, 5.74) is 2.21. The Morgan fingerprint density at radius 2 is 1.70 bits per heavy atom. The number of carbonyl (C=O) groups is 1. The molecular formula is C18H15ClO4. The zero-order valence-corrected chi connectivity index (χ0v) is 13.4. The van der Waals surface area contributed by atoms with E-state index in [1.54, 1.807) is 19.1 Å². The number of hydrogen-bond acceptors (Lipinski definition) is 3. The number of hydrogen-bond donors (Lipinski definition) is 1. The molecule has 0 aliphatic rings. The van der Waals surface area contributed by atoms with Gasteiger partial charge in [-0.2, -0.15) is 0 Å². The lowest BCUT2D eigenvalue weighted by Gasteiger charge is -2.09. The number of carboxylic acids is 1. The van der Waals surface area contributed by atoms with Crippen LogP contribution in [0.25, 0.3) is 22.3 Å². The molecule has 3 rings (SSSR count). The highest BCUT2D eigenvalue weighted by atomic mass is 35.5. The number of halogens is 1. The molecule has 0 unspecified atom stereocenters. The number of carboxylic acid groups (broad SMARTS) is 1. The van der Waals surface area contributed by atoms with Gasteiger partial charge in [-0.05, 0) is 26.0 Å². The van der Waals surface area contributed by atoms with Crippen molar-refractivity contribution in [2.75, 3.05) is 0 Å². The third-order valence-corrected chi connectivity index (χ3v) is 3.69. The van der Waals surface area contributed by atoms with E-state index in [1.165, 1.54) is 6.07 Å². The molecule has 4 nitrogen and oxygen atoms in total. The van der Waals surface area contributed by atoms with Crippen LogP contribution in [-0.4, -0.2) is 11.1 Å². The zero-order valence-electron chi connectivity index (χ0n) is 12.6. The van der Waals surface area contributed by atoms with E-state index in [0.29, 0.717) is 11.3 Å². The fourth-order valence-corrected chi connectivity index (χ4v) is 2.46. The first-order valence-corrected chi connectivity index (χ1v) is 6.86. The Labute approximate surface area is 138 Å². The van der Waals surface area contributed by atoms with Crippen molar-refractivity contribution in [3.63, 3.8) is 0 Å². The van der Waals surface area contributed by atoms with Crippen molar-refractivity contribution in [1.29, 1.82) is 0 Å². The zero-order chi connectivity index (χ0) is 15.9. The number of benzene rings is 2. The van der Waals surface area contributed by atoms with Crippen molar-refractivity contribution in [1.82, 2.24) is 0 Å². The summed E-state index contributed by atoms with van der Waals surface area (Å²) in [6.45, 7) is 3.66. The first-order chi connectivity index (χ1) is 10.5. The summed E-state index contributed by atoms with van der Waals surface area (Å²) >= 11 is 0. The smallest absolute Gasteiger partial charge is 0.339 e. The van der Waals surface area contributed by atoms with Crippen LogP contribution in [0.1, 0.15) is 21.5 Å². The molecular weight excluding hydrogens is 316 g/mol. The predicted molar refractivity (Wildman–Crippen MR) is 91.6 cm³/mol. The Balaban J connectivity index is 0.00000192. The van der Waals surface area contributed by atoms with Gasteiger partial charge in [0.2, 0.25) is 0 Å². The molecule has 0 aliphatic heterocycles. The molecule has 1 heterocycles. The Hall–Kier alpha value is -2.59. The third-order valence-electron chi connectivity index (χ3n) is 3.69. The van der Waals surface area contributed by atoms with Crippen molar-refractivity contribution in [2.45, 2.75) is 13.8 Å². The third kappa shape index (κ3) is 2.85. The SMILES string of the molecule is Cc1ccc(-c2oc3c(C(=O)O)cccc3c(=O)c2C)cc1.Cl. The summed E-state index contributed by atoms with van der Waals surface area (Å²) in [7, 11) is 0. The van der Waals surface area contributed by atoms with Gasteiger partial charge >= 0.3 is 5.97 Å². The topological polar surface area (TPSA) is 67.5 Å². The molecule has 1 N–H and O–H groups in total. The molecule has 23 heavy (non-hydrogen) atoms. The molecule has 0 spiro atoms. The standard InChI is InChI=1S/C18H14O4.ClH/c1-10-6-8-12(9-7-10)16-11(2)15(19)13-4-3-5-14(18(20)21)17(13)22-16;/h3-9H,1-2H3,(H,20,21);1H. The fourth-order valence-electron chi connectivity index (χ4n) is 2.46. The summed E-state index contributed by atoms with van der Waals surface area (Å²) in [4.78, 5) is 23.9. The number of rotatable bonds is 2. The second-order valence-electron chi connectivity index (χ2n) is 5.24. The van der Waals surface area contributed by atoms with Crippen molar-refractivity contribution in [3.8, 4) is 11.3 Å². The van der Waals surface area contributed by atoms with Gasteiger partial charge in [0.1, 0.15) is 11.3 Å². The highest BCUT2D eigenvalue weighted by Crippen LogP contribution is 2.27. The van der Waals surface area contributed by atoms with E-state index in [2.05, 4.69) is 0 Å². The van der Waals surface area contributed by atoms with E-state index in [0.717, 1.165) is 11.1 Å². The van der Waals surface area contributed by atoms with E-state index in [-0.39, 0.29) is 34.4 Å². The van der Waals surface area contributed by atoms with Crippen LogP contribution in [0.2, 0.25) is 0 Å². The van der Waals surface area contributed by atoms with Gasteiger partial charge in [-0.1, -0.05) is 35.9 Å². The van der Waals surface area contributed by atoms with Crippen LogP contribution in [0.3, 0.4) is 0 Å². The number of aromatic carboxylic acids is 1. The van der Waals surface area contributed by atoms with Crippen LogP contribution < -0.4 is 5.43 Å². The van der Waals surface area contributed by atoms with E-state index in [4.69, 9.17) is 4.42 Å². The van der Waals surface area contributed by atoms with Gasteiger partial charge in [-0.3, -0.25) is 4.79 Å². The van der Waals surface area contributed by atoms with Crippen molar-refractivity contribution < 1.29 is 14.3 Å². The Morgan fingerprint density at radius 1 is 1.04 bits per heavy atom. The number of para-hydroxylation sites is 1. The highest BCUT2D eigenvalue weighted by molar-refractivity contribution is 6.01. The molecule has 0 saturated carbocycles. The average Bonchev–Trinajstić information content (AvgIpc) is 2.51. The molecule has 3 aromatic rings. The summed E-state index contributed by atoms with van der Waals surface area (Å²) in [6, 6.07) is 12.1. The maximum atomic E-state index is 12.5. The van der Waals surface area contributed by atoms with Crippen molar-refractivity contribution in [3.05, 3.63) is 69.4 Å². The first-order valence-electron chi connectivity index (χ1n) is 6.86. The Bertz CT molecular complexity index is 940. The van der Waals surface area contributed by atoms with E-state index in [9.17, 15) is 14.7 Å². The first kappa shape index (κ1) is 16.8.